The van der Waals surface area contributed by atoms with Gasteiger partial charge in [0.2, 0.25) is 5.91 Å². The Morgan fingerprint density at radius 2 is 2.09 bits per heavy atom. The summed E-state index contributed by atoms with van der Waals surface area (Å²) in [6.07, 6.45) is 0.342. The Kier molecular flexibility index (Phi) is 4.95. The first kappa shape index (κ1) is 16.2. The van der Waals surface area contributed by atoms with E-state index in [4.69, 9.17) is 4.52 Å². The first-order valence-corrected chi connectivity index (χ1v) is 7.48. The van der Waals surface area contributed by atoms with Crippen molar-refractivity contribution in [3.05, 3.63) is 29.2 Å². The van der Waals surface area contributed by atoms with Crippen molar-refractivity contribution in [1.29, 1.82) is 0 Å². The van der Waals surface area contributed by atoms with Crippen molar-refractivity contribution >= 4 is 5.91 Å². The standard InChI is InChI=1S/C15H23N5O2/c1-9(2)14-7-13(22-19-14)8-16-15(21)6-10(3)20-12(5)17-11(4)18-20/h7,9-10H,6,8H2,1-5H3,(H,16,21). The summed E-state index contributed by atoms with van der Waals surface area (Å²) in [5.74, 6) is 2.45. The number of hydrogen-bond donors (Lipinski definition) is 1. The summed E-state index contributed by atoms with van der Waals surface area (Å²) >= 11 is 0. The summed E-state index contributed by atoms with van der Waals surface area (Å²) in [6.45, 7) is 10.1. The molecule has 0 aliphatic carbocycles. The fourth-order valence-corrected chi connectivity index (χ4v) is 2.25. The Morgan fingerprint density at radius 1 is 1.36 bits per heavy atom. The fourth-order valence-electron chi connectivity index (χ4n) is 2.25. The van der Waals surface area contributed by atoms with Crippen LogP contribution in [0.5, 0.6) is 0 Å². The lowest BCUT2D eigenvalue weighted by Crippen LogP contribution is -2.26. The van der Waals surface area contributed by atoms with E-state index in [0.29, 0.717) is 30.5 Å². The molecule has 0 spiro atoms. The molecule has 120 valence electrons. The van der Waals surface area contributed by atoms with Crippen LogP contribution in [0, 0.1) is 13.8 Å². The number of aryl methyl sites for hydroxylation is 2. The van der Waals surface area contributed by atoms with Crippen molar-refractivity contribution < 1.29 is 9.32 Å². The second-order valence-electron chi connectivity index (χ2n) is 5.85. The second kappa shape index (κ2) is 6.72. The number of hydrogen-bond acceptors (Lipinski definition) is 5. The Hall–Kier alpha value is -2.18. The van der Waals surface area contributed by atoms with Gasteiger partial charge in [0.1, 0.15) is 11.6 Å². The minimum atomic E-state index is -0.0532. The van der Waals surface area contributed by atoms with Crippen LogP contribution in [-0.2, 0) is 11.3 Å². The minimum absolute atomic E-state index is 0.0397. The molecule has 0 saturated heterocycles. The van der Waals surface area contributed by atoms with E-state index in [0.717, 1.165) is 11.5 Å². The summed E-state index contributed by atoms with van der Waals surface area (Å²) in [5, 5.41) is 11.1. The molecule has 7 heteroatoms. The third-order valence-electron chi connectivity index (χ3n) is 3.43. The number of amides is 1. The van der Waals surface area contributed by atoms with E-state index in [1.807, 2.05) is 40.7 Å². The summed E-state index contributed by atoms with van der Waals surface area (Å²) in [4.78, 5) is 16.3. The zero-order valence-corrected chi connectivity index (χ0v) is 13.8. The Morgan fingerprint density at radius 3 is 2.64 bits per heavy atom. The van der Waals surface area contributed by atoms with Crippen LogP contribution in [-0.4, -0.2) is 25.8 Å². The van der Waals surface area contributed by atoms with Crippen LogP contribution < -0.4 is 5.32 Å². The van der Waals surface area contributed by atoms with E-state index in [-0.39, 0.29) is 11.9 Å². The van der Waals surface area contributed by atoms with Gasteiger partial charge >= 0.3 is 0 Å². The third kappa shape index (κ3) is 3.93. The lowest BCUT2D eigenvalue weighted by Gasteiger charge is -2.12. The van der Waals surface area contributed by atoms with E-state index in [2.05, 4.69) is 20.6 Å². The SMILES string of the molecule is Cc1nc(C)n(C(C)CC(=O)NCc2cc(C(C)C)no2)n1. The van der Waals surface area contributed by atoms with Gasteiger partial charge in [-0.3, -0.25) is 4.79 Å². The van der Waals surface area contributed by atoms with Crippen LogP contribution in [0.15, 0.2) is 10.6 Å². The fraction of sp³-hybridized carbons (Fsp3) is 0.600. The molecule has 0 radical (unpaired) electrons. The molecule has 2 rings (SSSR count). The smallest absolute Gasteiger partial charge is 0.222 e. The van der Waals surface area contributed by atoms with Crippen molar-refractivity contribution in [1.82, 2.24) is 25.2 Å². The van der Waals surface area contributed by atoms with Crippen LogP contribution in [0.1, 0.15) is 62.3 Å². The van der Waals surface area contributed by atoms with Crippen LogP contribution in [0.2, 0.25) is 0 Å². The molecule has 2 aromatic rings. The first-order valence-electron chi connectivity index (χ1n) is 7.48. The zero-order valence-electron chi connectivity index (χ0n) is 13.8. The van der Waals surface area contributed by atoms with Gasteiger partial charge in [0.15, 0.2) is 5.76 Å². The minimum Gasteiger partial charge on any atom is -0.359 e. The lowest BCUT2D eigenvalue weighted by molar-refractivity contribution is -0.122. The van der Waals surface area contributed by atoms with Crippen molar-refractivity contribution in [2.45, 2.75) is 59.5 Å². The highest BCUT2D eigenvalue weighted by Gasteiger charge is 2.15. The largest absolute Gasteiger partial charge is 0.359 e. The monoisotopic (exact) mass is 305 g/mol. The van der Waals surface area contributed by atoms with E-state index < -0.39 is 0 Å². The number of nitrogens with one attached hydrogen (secondary N) is 1. The Bertz CT molecular complexity index is 644. The molecule has 0 saturated carbocycles. The maximum atomic E-state index is 12.0. The van der Waals surface area contributed by atoms with Crippen molar-refractivity contribution in [3.63, 3.8) is 0 Å². The highest BCUT2D eigenvalue weighted by atomic mass is 16.5. The van der Waals surface area contributed by atoms with Gasteiger partial charge in [-0.15, -0.1) is 0 Å². The quantitative estimate of drug-likeness (QED) is 0.884. The molecule has 22 heavy (non-hydrogen) atoms. The average Bonchev–Trinajstić information content (AvgIpc) is 3.03. The average molecular weight is 305 g/mol. The topological polar surface area (TPSA) is 85.8 Å². The van der Waals surface area contributed by atoms with Gasteiger partial charge in [-0.2, -0.15) is 5.10 Å². The van der Waals surface area contributed by atoms with Gasteiger partial charge in [-0.05, 0) is 26.7 Å². The molecule has 0 aliphatic rings. The molecule has 1 atom stereocenters. The number of rotatable bonds is 6. The van der Waals surface area contributed by atoms with E-state index >= 15 is 0 Å². The molecule has 2 heterocycles. The predicted octanol–water partition coefficient (Wildman–Crippen LogP) is 2.27. The summed E-state index contributed by atoms with van der Waals surface area (Å²) in [5.41, 5.74) is 0.895. The zero-order chi connectivity index (χ0) is 16.3. The third-order valence-corrected chi connectivity index (χ3v) is 3.43. The van der Waals surface area contributed by atoms with Crippen molar-refractivity contribution in [3.8, 4) is 0 Å². The normalized spacial score (nSPS) is 12.6. The highest BCUT2D eigenvalue weighted by Crippen LogP contribution is 2.14. The van der Waals surface area contributed by atoms with Crippen molar-refractivity contribution in [2.75, 3.05) is 0 Å². The Labute approximate surface area is 130 Å². The summed E-state index contributed by atoms with van der Waals surface area (Å²) in [6, 6.07) is 1.83. The maximum absolute atomic E-state index is 12.0. The summed E-state index contributed by atoms with van der Waals surface area (Å²) in [7, 11) is 0. The molecule has 7 nitrogen and oxygen atoms in total. The van der Waals surface area contributed by atoms with Gasteiger partial charge in [-0.25, -0.2) is 9.67 Å². The van der Waals surface area contributed by atoms with Gasteiger partial charge in [0, 0.05) is 12.5 Å². The summed E-state index contributed by atoms with van der Waals surface area (Å²) < 4.78 is 6.97. The number of aromatic nitrogens is 4. The van der Waals surface area contributed by atoms with Crippen molar-refractivity contribution in [2.24, 2.45) is 0 Å². The molecule has 1 amide bonds. The van der Waals surface area contributed by atoms with Gasteiger partial charge in [0.25, 0.3) is 0 Å². The number of carbonyl (C=O) groups is 1. The van der Waals surface area contributed by atoms with Crippen LogP contribution >= 0.6 is 0 Å². The molecule has 0 bridgehead atoms. The van der Waals surface area contributed by atoms with E-state index in [1.165, 1.54) is 0 Å². The number of carbonyl (C=O) groups excluding carboxylic acids is 1. The molecule has 0 aromatic carbocycles. The van der Waals surface area contributed by atoms with Gasteiger partial charge in [0.05, 0.1) is 18.3 Å². The predicted molar refractivity (Wildman–Crippen MR) is 81.3 cm³/mol. The first-order chi connectivity index (χ1) is 10.4. The van der Waals surface area contributed by atoms with E-state index in [1.54, 1.807) is 4.68 Å². The molecule has 0 aliphatic heterocycles. The number of nitrogens with zero attached hydrogens (tertiary/aromatic N) is 4. The molecular formula is C15H23N5O2. The lowest BCUT2D eigenvalue weighted by atomic mass is 10.1. The molecule has 2 aromatic heterocycles. The second-order valence-corrected chi connectivity index (χ2v) is 5.85. The molecule has 0 fully saturated rings. The highest BCUT2D eigenvalue weighted by molar-refractivity contribution is 5.76. The van der Waals surface area contributed by atoms with Gasteiger partial charge in [-0.1, -0.05) is 19.0 Å². The Balaban J connectivity index is 1.86. The maximum Gasteiger partial charge on any atom is 0.222 e. The molecular weight excluding hydrogens is 282 g/mol. The van der Waals surface area contributed by atoms with E-state index in [9.17, 15) is 4.79 Å². The van der Waals surface area contributed by atoms with Crippen LogP contribution in [0.4, 0.5) is 0 Å². The van der Waals surface area contributed by atoms with Crippen LogP contribution in [0.3, 0.4) is 0 Å². The van der Waals surface area contributed by atoms with Gasteiger partial charge < -0.3 is 9.84 Å². The molecule has 1 N–H and O–H groups in total. The molecule has 1 unspecified atom stereocenters. The van der Waals surface area contributed by atoms with Crippen LogP contribution in [0.25, 0.3) is 0 Å².